The van der Waals surface area contributed by atoms with Crippen molar-refractivity contribution in [2.45, 2.75) is 31.8 Å². The van der Waals surface area contributed by atoms with Crippen molar-refractivity contribution in [2.24, 2.45) is 5.92 Å². The van der Waals surface area contributed by atoms with E-state index in [2.05, 4.69) is 10.4 Å². The van der Waals surface area contributed by atoms with Crippen LogP contribution in [0.25, 0.3) is 5.69 Å². The number of nitrogens with zero attached hydrogens (tertiary/aromatic N) is 3. The van der Waals surface area contributed by atoms with E-state index in [1.54, 1.807) is 10.9 Å². The number of nitrogens with one attached hydrogen (secondary N) is 1. The van der Waals surface area contributed by atoms with Crippen molar-refractivity contribution in [1.82, 2.24) is 20.0 Å². The molecule has 1 aliphatic heterocycles. The number of hydrogen-bond acceptors (Lipinski definition) is 3. The molecule has 0 radical (unpaired) electrons. The summed E-state index contributed by atoms with van der Waals surface area (Å²) in [6.07, 6.45) is 5.61. The Bertz CT molecular complexity index is 749. The van der Waals surface area contributed by atoms with Crippen LogP contribution in [0.15, 0.2) is 42.7 Å². The van der Waals surface area contributed by atoms with Crippen molar-refractivity contribution in [2.75, 3.05) is 0 Å². The number of imide groups is 1. The lowest BCUT2D eigenvalue weighted by Crippen LogP contribution is -2.46. The monoisotopic (exact) mass is 310 g/mol. The molecule has 23 heavy (non-hydrogen) atoms. The predicted molar refractivity (Wildman–Crippen MR) is 83.8 cm³/mol. The largest absolute Gasteiger partial charge is 0.325 e. The van der Waals surface area contributed by atoms with E-state index in [-0.39, 0.29) is 17.9 Å². The molecule has 1 atom stereocenters. The van der Waals surface area contributed by atoms with E-state index in [1.807, 2.05) is 43.5 Å². The Labute approximate surface area is 134 Å². The minimum Gasteiger partial charge on any atom is -0.323 e. The van der Waals surface area contributed by atoms with Gasteiger partial charge in [-0.05, 0) is 49.4 Å². The molecule has 1 saturated heterocycles. The molecule has 2 fully saturated rings. The molecule has 2 aromatic rings. The van der Waals surface area contributed by atoms with Gasteiger partial charge in [0.25, 0.3) is 5.91 Å². The minimum absolute atomic E-state index is 0.110. The lowest BCUT2D eigenvalue weighted by atomic mass is 9.96. The average molecular weight is 310 g/mol. The van der Waals surface area contributed by atoms with Crippen molar-refractivity contribution >= 4 is 11.9 Å². The maximum atomic E-state index is 12.6. The Morgan fingerprint density at radius 3 is 2.61 bits per heavy atom. The zero-order chi connectivity index (χ0) is 16.0. The molecule has 1 saturated carbocycles. The summed E-state index contributed by atoms with van der Waals surface area (Å²) in [4.78, 5) is 26.1. The molecule has 6 nitrogen and oxygen atoms in total. The normalized spacial score (nSPS) is 24.1. The fourth-order valence-electron chi connectivity index (χ4n) is 3.15. The van der Waals surface area contributed by atoms with Crippen LogP contribution in [0.5, 0.6) is 0 Å². The maximum absolute atomic E-state index is 12.6. The van der Waals surface area contributed by atoms with Crippen molar-refractivity contribution in [3.05, 3.63) is 48.3 Å². The van der Waals surface area contributed by atoms with E-state index >= 15 is 0 Å². The summed E-state index contributed by atoms with van der Waals surface area (Å²) in [5.74, 6) is 0.173. The summed E-state index contributed by atoms with van der Waals surface area (Å²) in [5, 5.41) is 7.05. The molecule has 4 rings (SSSR count). The van der Waals surface area contributed by atoms with Crippen LogP contribution in [-0.2, 0) is 11.3 Å². The van der Waals surface area contributed by atoms with Crippen LogP contribution in [0.2, 0.25) is 0 Å². The van der Waals surface area contributed by atoms with Crippen molar-refractivity contribution in [3.8, 4) is 5.69 Å². The number of hydrogen-bond donors (Lipinski definition) is 1. The highest BCUT2D eigenvalue weighted by Gasteiger charge is 2.55. The molecular formula is C17H18N4O2. The Morgan fingerprint density at radius 1 is 1.26 bits per heavy atom. The second kappa shape index (κ2) is 4.94. The first-order chi connectivity index (χ1) is 11.1. The number of carbonyl (C=O) groups is 2. The van der Waals surface area contributed by atoms with E-state index in [0.29, 0.717) is 6.54 Å². The van der Waals surface area contributed by atoms with E-state index in [0.717, 1.165) is 24.1 Å². The highest BCUT2D eigenvalue weighted by molar-refractivity contribution is 6.07. The van der Waals surface area contributed by atoms with Gasteiger partial charge in [-0.2, -0.15) is 5.10 Å². The van der Waals surface area contributed by atoms with Gasteiger partial charge in [-0.15, -0.1) is 0 Å². The Morgan fingerprint density at radius 2 is 2.00 bits per heavy atom. The highest BCUT2D eigenvalue weighted by atomic mass is 16.2. The fourth-order valence-corrected chi connectivity index (χ4v) is 3.15. The lowest BCUT2D eigenvalue weighted by molar-refractivity contribution is -0.131. The van der Waals surface area contributed by atoms with Gasteiger partial charge in [0.05, 0.1) is 12.2 Å². The minimum atomic E-state index is -0.716. The van der Waals surface area contributed by atoms with E-state index < -0.39 is 5.54 Å². The number of aromatic nitrogens is 2. The van der Waals surface area contributed by atoms with Gasteiger partial charge in [-0.3, -0.25) is 9.69 Å². The van der Waals surface area contributed by atoms with Crippen LogP contribution in [0.3, 0.4) is 0 Å². The molecule has 2 aliphatic rings. The van der Waals surface area contributed by atoms with Crippen molar-refractivity contribution in [3.63, 3.8) is 0 Å². The first kappa shape index (κ1) is 14.0. The Kier molecular flexibility index (Phi) is 3.01. The average Bonchev–Trinajstić information content (AvgIpc) is 3.23. The second-order valence-electron chi connectivity index (χ2n) is 6.42. The lowest BCUT2D eigenvalue weighted by Gasteiger charge is -2.21. The number of carbonyl (C=O) groups excluding carboxylic acids is 2. The number of amides is 3. The standard InChI is InChI=1S/C17H18N4O2/c1-17(13-5-6-13)15(22)20(16(23)19-17)11-12-3-7-14(8-4-12)21-10-2-9-18-21/h2-4,7-10,13H,5-6,11H2,1H3,(H,19,23). The fraction of sp³-hybridized carbons (Fsp3) is 0.353. The topological polar surface area (TPSA) is 67.2 Å². The zero-order valence-corrected chi connectivity index (χ0v) is 12.9. The molecule has 118 valence electrons. The third kappa shape index (κ3) is 2.30. The SMILES string of the molecule is CC1(C2CC2)NC(=O)N(Cc2ccc(-n3cccn3)cc2)C1=O. The first-order valence-corrected chi connectivity index (χ1v) is 7.81. The molecule has 6 heteroatoms. The first-order valence-electron chi connectivity index (χ1n) is 7.81. The molecule has 3 amide bonds. The molecule has 1 N–H and O–H groups in total. The van der Waals surface area contributed by atoms with Crippen LogP contribution in [0, 0.1) is 5.92 Å². The second-order valence-corrected chi connectivity index (χ2v) is 6.42. The molecule has 2 heterocycles. The van der Waals surface area contributed by atoms with Crippen LogP contribution in [-0.4, -0.2) is 32.2 Å². The zero-order valence-electron chi connectivity index (χ0n) is 12.9. The van der Waals surface area contributed by atoms with E-state index in [9.17, 15) is 9.59 Å². The van der Waals surface area contributed by atoms with Gasteiger partial charge in [0.2, 0.25) is 0 Å². The number of benzene rings is 1. The van der Waals surface area contributed by atoms with Gasteiger partial charge in [0.1, 0.15) is 5.54 Å². The van der Waals surface area contributed by atoms with Crippen LogP contribution >= 0.6 is 0 Å². The summed E-state index contributed by atoms with van der Waals surface area (Å²) < 4.78 is 1.77. The van der Waals surface area contributed by atoms with Crippen molar-refractivity contribution in [1.29, 1.82) is 0 Å². The van der Waals surface area contributed by atoms with Crippen LogP contribution in [0.1, 0.15) is 25.3 Å². The summed E-state index contributed by atoms with van der Waals surface area (Å²) in [6, 6.07) is 9.27. The summed E-state index contributed by atoms with van der Waals surface area (Å²) in [5.41, 5.74) is 1.15. The van der Waals surface area contributed by atoms with Gasteiger partial charge in [0.15, 0.2) is 0 Å². The van der Waals surface area contributed by atoms with Gasteiger partial charge >= 0.3 is 6.03 Å². The summed E-state index contributed by atoms with van der Waals surface area (Å²) in [7, 11) is 0. The summed E-state index contributed by atoms with van der Waals surface area (Å²) in [6.45, 7) is 2.14. The van der Waals surface area contributed by atoms with Gasteiger partial charge in [-0.1, -0.05) is 12.1 Å². The van der Waals surface area contributed by atoms with Crippen molar-refractivity contribution < 1.29 is 9.59 Å². The van der Waals surface area contributed by atoms with Crippen LogP contribution in [0.4, 0.5) is 4.79 Å². The maximum Gasteiger partial charge on any atom is 0.325 e. The van der Waals surface area contributed by atoms with Gasteiger partial charge in [-0.25, -0.2) is 9.48 Å². The molecule has 1 unspecified atom stereocenters. The smallest absolute Gasteiger partial charge is 0.323 e. The molecule has 1 aromatic heterocycles. The van der Waals surface area contributed by atoms with Gasteiger partial charge < -0.3 is 5.32 Å². The molecule has 1 aliphatic carbocycles. The highest BCUT2D eigenvalue weighted by Crippen LogP contribution is 2.42. The van der Waals surface area contributed by atoms with E-state index in [1.165, 1.54) is 4.90 Å². The Balaban J connectivity index is 1.52. The molecule has 0 bridgehead atoms. The predicted octanol–water partition coefficient (Wildman–Crippen LogP) is 2.09. The Hall–Kier alpha value is -2.63. The third-order valence-corrected chi connectivity index (χ3v) is 4.74. The molecule has 1 aromatic carbocycles. The molecule has 0 spiro atoms. The third-order valence-electron chi connectivity index (χ3n) is 4.74. The number of rotatable bonds is 4. The quantitative estimate of drug-likeness (QED) is 0.879. The number of urea groups is 1. The molecular weight excluding hydrogens is 292 g/mol. The van der Waals surface area contributed by atoms with Gasteiger partial charge in [0, 0.05) is 12.4 Å². The van der Waals surface area contributed by atoms with Crippen LogP contribution < -0.4 is 5.32 Å². The van der Waals surface area contributed by atoms with E-state index in [4.69, 9.17) is 0 Å². The summed E-state index contributed by atoms with van der Waals surface area (Å²) >= 11 is 0.